The zero-order valence-electron chi connectivity index (χ0n) is 29.9. The maximum atomic E-state index is 14.2. The number of amides is 5. The molecule has 1 heterocycles. The van der Waals surface area contributed by atoms with Crippen molar-refractivity contribution >= 4 is 71.7 Å². The van der Waals surface area contributed by atoms with Gasteiger partial charge in [-0.1, -0.05) is 48.5 Å². The van der Waals surface area contributed by atoms with E-state index in [1.165, 1.54) is 6.92 Å². The van der Waals surface area contributed by atoms with Crippen molar-refractivity contribution in [3.63, 3.8) is 0 Å². The minimum absolute atomic E-state index is 0.0254. The summed E-state index contributed by atoms with van der Waals surface area (Å²) in [4.78, 5) is 82.4. The topological polar surface area (TPSA) is 271 Å². The molecule has 12 N–H and O–H groups in total. The van der Waals surface area contributed by atoms with E-state index < -0.39 is 77.9 Å². The number of carboxylic acid groups (broad SMARTS) is 1. The molecule has 2 aromatic carbocycles. The summed E-state index contributed by atoms with van der Waals surface area (Å²) in [5, 5.41) is 33.3. The molecular formula is C36H50N8O8S2. The van der Waals surface area contributed by atoms with Crippen molar-refractivity contribution in [2.24, 2.45) is 11.5 Å². The normalized spacial score (nSPS) is 15.1. The average Bonchev–Trinajstić information content (AvgIpc) is 3.56. The second-order valence-corrected chi connectivity index (χ2v) is 13.5. The SMILES string of the molecule is C[C@@H](O)[C@H](NC(=O)[C@H](CCCCN)NC(=O)[C@H](Cc1c[nH]c2ccccc12)NC(=O)[C@H](Cc1ccccc1)NC(=O)[C@@H](N)CS)C(=O)N[C@@H](CS)C(=O)O. The molecule has 1 aromatic heterocycles. The second-order valence-electron chi connectivity index (χ2n) is 12.8. The first-order valence-electron chi connectivity index (χ1n) is 17.5. The van der Waals surface area contributed by atoms with E-state index in [9.17, 15) is 39.0 Å². The molecule has 0 saturated heterocycles. The Kier molecular flexibility index (Phi) is 17.8. The quantitative estimate of drug-likeness (QED) is 0.0444. The van der Waals surface area contributed by atoms with Crippen molar-refractivity contribution in [2.75, 3.05) is 18.1 Å². The van der Waals surface area contributed by atoms with Crippen molar-refractivity contribution in [1.29, 1.82) is 0 Å². The van der Waals surface area contributed by atoms with Gasteiger partial charge in [0.05, 0.1) is 12.1 Å². The van der Waals surface area contributed by atoms with E-state index in [4.69, 9.17) is 11.5 Å². The van der Waals surface area contributed by atoms with Crippen LogP contribution in [0.25, 0.3) is 10.9 Å². The van der Waals surface area contributed by atoms with E-state index in [0.717, 1.165) is 16.5 Å². The number of para-hydroxylation sites is 1. The fraction of sp³-hybridized carbons (Fsp3) is 0.444. The molecule has 0 aliphatic rings. The molecule has 0 aliphatic carbocycles. The first-order chi connectivity index (χ1) is 25.8. The first kappa shape index (κ1) is 43.8. The van der Waals surface area contributed by atoms with E-state index in [0.29, 0.717) is 24.9 Å². The van der Waals surface area contributed by atoms with Gasteiger partial charge < -0.3 is 53.2 Å². The number of aromatic nitrogens is 1. The molecule has 7 atom stereocenters. The van der Waals surface area contributed by atoms with Gasteiger partial charge in [0.2, 0.25) is 29.5 Å². The summed E-state index contributed by atoms with van der Waals surface area (Å²) in [7, 11) is 0. The molecule has 16 nitrogen and oxygen atoms in total. The summed E-state index contributed by atoms with van der Waals surface area (Å²) >= 11 is 8.03. The number of hydrogen-bond donors (Lipinski definition) is 12. The van der Waals surface area contributed by atoms with Gasteiger partial charge in [-0.2, -0.15) is 25.3 Å². The number of rotatable bonds is 22. The smallest absolute Gasteiger partial charge is 0.327 e. The van der Waals surface area contributed by atoms with Crippen molar-refractivity contribution < 1.29 is 39.0 Å². The minimum Gasteiger partial charge on any atom is -0.480 e. The van der Waals surface area contributed by atoms with Crippen LogP contribution in [0.15, 0.2) is 60.8 Å². The molecule has 0 radical (unpaired) electrons. The number of nitrogens with one attached hydrogen (secondary N) is 6. The maximum Gasteiger partial charge on any atom is 0.327 e. The number of aliphatic hydroxyl groups is 1. The van der Waals surface area contributed by atoms with Crippen LogP contribution < -0.4 is 38.1 Å². The number of aliphatic carboxylic acids is 1. The zero-order chi connectivity index (χ0) is 39.8. The number of fused-ring (bicyclic) bond motifs is 1. The summed E-state index contributed by atoms with van der Waals surface area (Å²) in [6.07, 6.45) is 1.24. The predicted molar refractivity (Wildman–Crippen MR) is 210 cm³/mol. The molecule has 0 bridgehead atoms. The Balaban J connectivity index is 1.94. The van der Waals surface area contributed by atoms with Crippen LogP contribution >= 0.6 is 25.3 Å². The Morgan fingerprint density at radius 1 is 0.722 bits per heavy atom. The third kappa shape index (κ3) is 13.0. The van der Waals surface area contributed by atoms with E-state index in [-0.39, 0.29) is 30.8 Å². The Morgan fingerprint density at radius 2 is 1.30 bits per heavy atom. The minimum atomic E-state index is -1.58. The number of benzene rings is 2. The lowest BCUT2D eigenvalue weighted by molar-refractivity contribution is -0.142. The Morgan fingerprint density at radius 3 is 1.91 bits per heavy atom. The van der Waals surface area contributed by atoms with Crippen LogP contribution in [0.1, 0.15) is 37.3 Å². The van der Waals surface area contributed by atoms with E-state index in [1.807, 2.05) is 24.3 Å². The number of carbonyl (C=O) groups is 6. The maximum absolute atomic E-state index is 14.2. The van der Waals surface area contributed by atoms with Gasteiger partial charge in [0, 0.05) is 41.4 Å². The number of hydrogen-bond acceptors (Lipinski definition) is 11. The highest BCUT2D eigenvalue weighted by Gasteiger charge is 2.34. The molecule has 54 heavy (non-hydrogen) atoms. The van der Waals surface area contributed by atoms with Gasteiger partial charge in [0.1, 0.15) is 30.2 Å². The molecule has 294 valence electrons. The number of aromatic amines is 1. The third-order valence-electron chi connectivity index (χ3n) is 8.62. The lowest BCUT2D eigenvalue weighted by Crippen LogP contribution is -2.61. The fourth-order valence-corrected chi connectivity index (χ4v) is 5.98. The molecule has 0 unspecified atom stereocenters. The number of H-pyrrole nitrogens is 1. The third-order valence-corrected chi connectivity index (χ3v) is 9.38. The molecule has 0 aliphatic heterocycles. The number of carboxylic acids is 1. The Bertz CT molecular complexity index is 1730. The van der Waals surface area contributed by atoms with E-state index in [1.54, 1.807) is 36.5 Å². The highest BCUT2D eigenvalue weighted by Crippen LogP contribution is 2.20. The van der Waals surface area contributed by atoms with Crippen molar-refractivity contribution in [3.8, 4) is 0 Å². The van der Waals surface area contributed by atoms with E-state index in [2.05, 4.69) is 56.8 Å². The van der Waals surface area contributed by atoms with Crippen LogP contribution in [0.5, 0.6) is 0 Å². The van der Waals surface area contributed by atoms with Gasteiger partial charge in [0.15, 0.2) is 0 Å². The van der Waals surface area contributed by atoms with Gasteiger partial charge in [-0.25, -0.2) is 4.79 Å². The van der Waals surface area contributed by atoms with E-state index >= 15 is 0 Å². The van der Waals surface area contributed by atoms with Gasteiger partial charge >= 0.3 is 5.97 Å². The molecule has 3 aromatic rings. The van der Waals surface area contributed by atoms with Gasteiger partial charge in [-0.05, 0) is 49.9 Å². The number of unbranched alkanes of at least 4 members (excludes halogenated alkanes) is 1. The standard InChI is InChI=1S/C36H50N8O8S2/c1-20(45)30(35(50)43-29(19-54)36(51)52)44-32(47)26(13-7-8-14-37)40-34(49)28(16-22-17-39-25-12-6-5-11-23(22)25)42-33(48)27(41-31(46)24(38)18-53)15-21-9-3-2-4-10-21/h2-6,9-12,17,20,24,26-30,39,45,53-54H,7-8,13-16,18-19,37-38H2,1H3,(H,40,49)(H,41,46)(H,42,48)(H,43,50)(H,44,47)(H,51,52)/t20-,24+,26+,27+,28+,29+,30+/m1/s1. The largest absolute Gasteiger partial charge is 0.480 e. The van der Waals surface area contributed by atoms with Gasteiger partial charge in [0.25, 0.3) is 0 Å². The average molecular weight is 787 g/mol. The van der Waals surface area contributed by atoms with Crippen LogP contribution in [0.4, 0.5) is 0 Å². The summed E-state index contributed by atoms with van der Waals surface area (Å²) in [5.41, 5.74) is 13.8. The number of carbonyl (C=O) groups excluding carboxylic acids is 5. The lowest BCUT2D eigenvalue weighted by Gasteiger charge is -2.28. The lowest BCUT2D eigenvalue weighted by atomic mass is 10.0. The molecule has 0 saturated carbocycles. The summed E-state index contributed by atoms with van der Waals surface area (Å²) in [6.45, 7) is 1.54. The van der Waals surface area contributed by atoms with Crippen molar-refractivity contribution in [2.45, 2.75) is 81.4 Å². The number of thiol groups is 2. The molecule has 0 fully saturated rings. The molecule has 5 amide bonds. The first-order valence-corrected chi connectivity index (χ1v) is 18.7. The fourth-order valence-electron chi connectivity index (χ4n) is 5.56. The summed E-state index contributed by atoms with van der Waals surface area (Å²) in [6, 6.07) is 8.63. The Hall–Kier alpha value is -4.62. The number of aliphatic hydroxyl groups excluding tert-OH is 1. The van der Waals surface area contributed by atoms with Crippen LogP contribution in [0, 0.1) is 0 Å². The molecule has 0 spiro atoms. The molecular weight excluding hydrogens is 737 g/mol. The van der Waals surface area contributed by atoms with Gasteiger partial charge in [-0.3, -0.25) is 24.0 Å². The van der Waals surface area contributed by atoms with Crippen molar-refractivity contribution in [3.05, 3.63) is 71.9 Å². The summed E-state index contributed by atoms with van der Waals surface area (Å²) < 4.78 is 0. The Labute approximate surface area is 324 Å². The second kappa shape index (κ2) is 21.9. The predicted octanol–water partition coefficient (Wildman–Crippen LogP) is -0.842. The highest BCUT2D eigenvalue weighted by molar-refractivity contribution is 7.80. The summed E-state index contributed by atoms with van der Waals surface area (Å²) in [5.74, 6) is -5.46. The zero-order valence-corrected chi connectivity index (χ0v) is 31.7. The highest BCUT2D eigenvalue weighted by atomic mass is 32.1. The van der Waals surface area contributed by atoms with Crippen LogP contribution in [0.2, 0.25) is 0 Å². The van der Waals surface area contributed by atoms with Gasteiger partial charge in [-0.15, -0.1) is 0 Å². The molecule has 18 heteroatoms. The number of nitrogens with two attached hydrogens (primary N) is 2. The monoisotopic (exact) mass is 786 g/mol. The van der Waals surface area contributed by atoms with Crippen molar-refractivity contribution in [1.82, 2.24) is 31.6 Å². The van der Waals surface area contributed by atoms with Crippen LogP contribution in [-0.4, -0.2) is 111 Å². The van der Waals surface area contributed by atoms with Crippen LogP contribution in [0.3, 0.4) is 0 Å². The molecule has 3 rings (SSSR count). The van der Waals surface area contributed by atoms with Crippen LogP contribution in [-0.2, 0) is 41.6 Å².